The second-order valence-electron chi connectivity index (χ2n) is 4.88. The van der Waals surface area contributed by atoms with Crippen LogP contribution in [0.25, 0.3) is 0 Å². The van der Waals surface area contributed by atoms with Crippen LogP contribution in [0.3, 0.4) is 0 Å². The first-order valence-electron chi connectivity index (χ1n) is 6.61. The normalized spacial score (nSPS) is 12.9. The van der Waals surface area contributed by atoms with Crippen LogP contribution in [0, 0.1) is 5.82 Å². The van der Waals surface area contributed by atoms with Crippen LogP contribution < -0.4 is 11.3 Å². The van der Waals surface area contributed by atoms with Crippen molar-refractivity contribution < 1.29 is 4.39 Å². The summed E-state index contributed by atoms with van der Waals surface area (Å²) in [6.45, 7) is 4.11. The van der Waals surface area contributed by atoms with Crippen molar-refractivity contribution in [3.8, 4) is 0 Å². The molecule has 21 heavy (non-hydrogen) atoms. The maximum Gasteiger partial charge on any atom is 0.136 e. The van der Waals surface area contributed by atoms with Crippen molar-refractivity contribution in [3.63, 3.8) is 0 Å². The molecule has 4 nitrogen and oxygen atoms in total. The van der Waals surface area contributed by atoms with Gasteiger partial charge in [0, 0.05) is 16.7 Å². The standard InChI is InChI=1S/C14H18BrFN4S/c1-9(2)20-14(10(15)7-18-20)12(19-17)8-21-13-6-4-3-5-11(13)16/h3-7,9,12,19H,8,17H2,1-2H3. The van der Waals surface area contributed by atoms with Crippen LogP contribution >= 0.6 is 27.7 Å². The summed E-state index contributed by atoms with van der Waals surface area (Å²) >= 11 is 4.93. The van der Waals surface area contributed by atoms with Gasteiger partial charge in [0.15, 0.2) is 0 Å². The van der Waals surface area contributed by atoms with Crippen LogP contribution in [-0.4, -0.2) is 15.5 Å². The van der Waals surface area contributed by atoms with Gasteiger partial charge in [-0.05, 0) is 41.9 Å². The fourth-order valence-corrected chi connectivity index (χ4v) is 3.56. The van der Waals surface area contributed by atoms with Gasteiger partial charge in [-0.1, -0.05) is 12.1 Å². The van der Waals surface area contributed by atoms with E-state index >= 15 is 0 Å². The zero-order chi connectivity index (χ0) is 15.4. The summed E-state index contributed by atoms with van der Waals surface area (Å²) in [6, 6.07) is 6.83. The molecule has 114 valence electrons. The van der Waals surface area contributed by atoms with E-state index in [-0.39, 0.29) is 17.9 Å². The molecule has 1 atom stereocenters. The van der Waals surface area contributed by atoms with Crippen molar-refractivity contribution in [1.82, 2.24) is 15.2 Å². The first kappa shape index (κ1) is 16.5. The van der Waals surface area contributed by atoms with E-state index in [1.54, 1.807) is 18.3 Å². The predicted octanol–water partition coefficient (Wildman–Crippen LogP) is 3.66. The Morgan fingerprint density at radius 2 is 2.14 bits per heavy atom. The molecular weight excluding hydrogens is 355 g/mol. The van der Waals surface area contributed by atoms with Gasteiger partial charge in [0.2, 0.25) is 0 Å². The van der Waals surface area contributed by atoms with Gasteiger partial charge in [-0.2, -0.15) is 5.10 Å². The number of hydrogen-bond acceptors (Lipinski definition) is 4. The number of rotatable bonds is 6. The first-order chi connectivity index (χ1) is 10.0. The van der Waals surface area contributed by atoms with Gasteiger partial charge in [-0.25, -0.2) is 4.39 Å². The number of halogens is 2. The van der Waals surface area contributed by atoms with Crippen molar-refractivity contribution in [3.05, 3.63) is 46.4 Å². The Labute approximate surface area is 136 Å². The lowest BCUT2D eigenvalue weighted by Crippen LogP contribution is -2.32. The van der Waals surface area contributed by atoms with E-state index in [2.05, 4.69) is 40.3 Å². The molecule has 2 rings (SSSR count). The molecule has 0 amide bonds. The zero-order valence-corrected chi connectivity index (χ0v) is 14.3. The van der Waals surface area contributed by atoms with Crippen LogP contribution in [0.5, 0.6) is 0 Å². The lowest BCUT2D eigenvalue weighted by molar-refractivity contribution is 0.467. The maximum atomic E-state index is 13.7. The van der Waals surface area contributed by atoms with E-state index in [1.807, 2.05) is 10.7 Å². The number of aromatic nitrogens is 2. The van der Waals surface area contributed by atoms with Crippen molar-refractivity contribution >= 4 is 27.7 Å². The largest absolute Gasteiger partial charge is 0.271 e. The highest BCUT2D eigenvalue weighted by atomic mass is 79.9. The third-order valence-corrected chi connectivity index (χ3v) is 4.80. The zero-order valence-electron chi connectivity index (χ0n) is 11.9. The van der Waals surface area contributed by atoms with E-state index in [1.165, 1.54) is 17.8 Å². The van der Waals surface area contributed by atoms with E-state index in [0.717, 1.165) is 10.2 Å². The van der Waals surface area contributed by atoms with Gasteiger partial charge in [0.25, 0.3) is 0 Å². The molecule has 0 aliphatic carbocycles. The Bertz CT molecular complexity index is 602. The summed E-state index contributed by atoms with van der Waals surface area (Å²) in [7, 11) is 0. The molecule has 1 aromatic carbocycles. The smallest absolute Gasteiger partial charge is 0.136 e. The Morgan fingerprint density at radius 3 is 2.76 bits per heavy atom. The third kappa shape index (κ3) is 3.85. The lowest BCUT2D eigenvalue weighted by Gasteiger charge is -2.20. The van der Waals surface area contributed by atoms with E-state index in [9.17, 15) is 4.39 Å². The Balaban J connectivity index is 2.17. The third-order valence-electron chi connectivity index (χ3n) is 3.05. The van der Waals surface area contributed by atoms with Gasteiger partial charge >= 0.3 is 0 Å². The highest BCUT2D eigenvalue weighted by Crippen LogP contribution is 2.31. The minimum absolute atomic E-state index is 0.131. The number of hydrogen-bond donors (Lipinski definition) is 2. The minimum Gasteiger partial charge on any atom is -0.271 e. The van der Waals surface area contributed by atoms with E-state index < -0.39 is 0 Å². The first-order valence-corrected chi connectivity index (χ1v) is 8.38. The molecule has 1 aromatic heterocycles. The molecule has 2 aromatic rings. The maximum absolute atomic E-state index is 13.7. The molecule has 0 spiro atoms. The van der Waals surface area contributed by atoms with Crippen LogP contribution in [0.15, 0.2) is 39.8 Å². The quantitative estimate of drug-likeness (QED) is 0.461. The molecule has 1 heterocycles. The topological polar surface area (TPSA) is 55.9 Å². The second-order valence-corrected chi connectivity index (χ2v) is 6.79. The fraction of sp³-hybridized carbons (Fsp3) is 0.357. The summed E-state index contributed by atoms with van der Waals surface area (Å²) in [5.41, 5.74) is 3.76. The molecule has 0 aliphatic rings. The summed E-state index contributed by atoms with van der Waals surface area (Å²) in [4.78, 5) is 0.615. The minimum atomic E-state index is -0.213. The van der Waals surface area contributed by atoms with Gasteiger partial charge in [-0.3, -0.25) is 16.0 Å². The summed E-state index contributed by atoms with van der Waals surface area (Å²) in [5, 5.41) is 4.35. The molecule has 3 N–H and O–H groups in total. The summed E-state index contributed by atoms with van der Waals surface area (Å²) in [6.07, 6.45) is 1.76. The molecule has 0 bridgehead atoms. The number of hydrazine groups is 1. The molecular formula is C14H18BrFN4S. The molecule has 1 unspecified atom stereocenters. The van der Waals surface area contributed by atoms with Gasteiger partial charge in [-0.15, -0.1) is 11.8 Å². The average molecular weight is 373 g/mol. The van der Waals surface area contributed by atoms with Crippen LogP contribution in [0.1, 0.15) is 31.6 Å². The number of nitrogens with zero attached hydrogens (tertiary/aromatic N) is 2. The molecule has 0 fully saturated rings. The molecule has 0 saturated carbocycles. The summed E-state index contributed by atoms with van der Waals surface area (Å²) in [5.74, 6) is 6.08. The molecule has 0 radical (unpaired) electrons. The monoisotopic (exact) mass is 372 g/mol. The van der Waals surface area contributed by atoms with Crippen LogP contribution in [0.4, 0.5) is 4.39 Å². The van der Waals surface area contributed by atoms with Crippen molar-refractivity contribution in [1.29, 1.82) is 0 Å². The fourth-order valence-electron chi connectivity index (χ4n) is 2.03. The second kappa shape index (κ2) is 7.40. The van der Waals surface area contributed by atoms with E-state index in [0.29, 0.717) is 10.6 Å². The number of benzene rings is 1. The van der Waals surface area contributed by atoms with Crippen molar-refractivity contribution in [2.24, 2.45) is 5.84 Å². The molecule has 7 heteroatoms. The van der Waals surface area contributed by atoms with Crippen molar-refractivity contribution in [2.45, 2.75) is 30.8 Å². The number of nitrogens with one attached hydrogen (secondary N) is 1. The van der Waals surface area contributed by atoms with Gasteiger partial charge in [0.05, 0.1) is 22.4 Å². The average Bonchev–Trinajstić information content (AvgIpc) is 2.84. The van der Waals surface area contributed by atoms with E-state index in [4.69, 9.17) is 5.84 Å². The highest BCUT2D eigenvalue weighted by Gasteiger charge is 2.21. The Morgan fingerprint density at radius 1 is 1.43 bits per heavy atom. The Hall–Kier alpha value is -0.890. The lowest BCUT2D eigenvalue weighted by atomic mass is 10.2. The highest BCUT2D eigenvalue weighted by molar-refractivity contribution is 9.10. The SMILES string of the molecule is CC(C)n1ncc(Br)c1C(CSc1ccccc1F)NN. The van der Waals surface area contributed by atoms with Crippen molar-refractivity contribution in [2.75, 3.05) is 5.75 Å². The van der Waals surface area contributed by atoms with Crippen LogP contribution in [0.2, 0.25) is 0 Å². The number of thioether (sulfide) groups is 1. The number of nitrogens with two attached hydrogens (primary N) is 1. The van der Waals surface area contributed by atoms with Gasteiger partial charge in [0.1, 0.15) is 5.82 Å². The molecule has 0 saturated heterocycles. The Kier molecular flexibility index (Phi) is 5.80. The summed E-state index contributed by atoms with van der Waals surface area (Å²) < 4.78 is 16.5. The van der Waals surface area contributed by atoms with Crippen LogP contribution in [-0.2, 0) is 0 Å². The molecule has 0 aliphatic heterocycles. The van der Waals surface area contributed by atoms with Gasteiger partial charge < -0.3 is 0 Å². The predicted molar refractivity (Wildman–Crippen MR) is 87.5 cm³/mol.